The first-order chi connectivity index (χ1) is 12.7. The summed E-state index contributed by atoms with van der Waals surface area (Å²) in [6, 6.07) is 12.5. The van der Waals surface area contributed by atoms with E-state index in [1.165, 1.54) is 55.5 Å². The molecule has 2 rings (SSSR count). The average molecular weight is 401 g/mol. The largest absolute Gasteiger partial charge is 0.463 e. The summed E-state index contributed by atoms with van der Waals surface area (Å²) in [5.41, 5.74) is -3.68. The summed E-state index contributed by atoms with van der Waals surface area (Å²) in [6.07, 6.45) is -5.22. The van der Waals surface area contributed by atoms with E-state index in [9.17, 15) is 22.8 Å². The molecule has 1 unspecified atom stereocenters. The molecule has 0 aliphatic carbocycles. The molecule has 0 aliphatic heterocycles. The molecule has 0 fully saturated rings. The number of carbonyl (C=O) groups is 2. The summed E-state index contributed by atoms with van der Waals surface area (Å²) in [4.78, 5) is 24.7. The molecule has 5 nitrogen and oxygen atoms in total. The van der Waals surface area contributed by atoms with Crippen LogP contribution in [0.25, 0.3) is 0 Å². The maximum absolute atomic E-state index is 14.0. The highest BCUT2D eigenvalue weighted by Crippen LogP contribution is 2.34. The zero-order valence-corrected chi connectivity index (χ0v) is 14.9. The summed E-state index contributed by atoms with van der Waals surface area (Å²) in [5.74, 6) is -2.79. The summed E-state index contributed by atoms with van der Waals surface area (Å²) in [5, 5.41) is 3.94. The van der Waals surface area contributed by atoms with Crippen LogP contribution >= 0.6 is 11.6 Å². The summed E-state index contributed by atoms with van der Waals surface area (Å²) in [7, 11) is 0. The van der Waals surface area contributed by atoms with Crippen LogP contribution in [0.4, 0.5) is 18.9 Å². The van der Waals surface area contributed by atoms with Gasteiger partial charge in [0.2, 0.25) is 0 Å². The number of carbonyl (C=O) groups excluding carboxylic acids is 2. The van der Waals surface area contributed by atoms with Gasteiger partial charge in [-0.15, -0.1) is 0 Å². The Hall–Kier alpha value is -2.74. The van der Waals surface area contributed by atoms with Crippen molar-refractivity contribution in [2.24, 2.45) is 0 Å². The maximum atomic E-state index is 14.0. The van der Waals surface area contributed by atoms with Crippen molar-refractivity contribution in [3.63, 3.8) is 0 Å². The Morgan fingerprint density at radius 1 is 1.07 bits per heavy atom. The molecule has 2 aromatic carbocycles. The molecule has 9 heteroatoms. The van der Waals surface area contributed by atoms with Gasteiger partial charge in [0.1, 0.15) is 0 Å². The van der Waals surface area contributed by atoms with Crippen molar-refractivity contribution in [3.05, 3.63) is 65.2 Å². The van der Waals surface area contributed by atoms with Gasteiger partial charge in [0, 0.05) is 16.3 Å². The third-order valence-electron chi connectivity index (χ3n) is 3.50. The summed E-state index contributed by atoms with van der Waals surface area (Å²) in [6.45, 7) is 1.05. The topological polar surface area (TPSA) is 67.4 Å². The van der Waals surface area contributed by atoms with Crippen LogP contribution in [0.15, 0.2) is 54.6 Å². The molecular weight excluding hydrogens is 385 g/mol. The predicted octanol–water partition coefficient (Wildman–Crippen LogP) is 4.00. The third kappa shape index (κ3) is 4.71. The van der Waals surface area contributed by atoms with Crippen LogP contribution in [-0.4, -0.2) is 30.3 Å². The number of nitrogens with one attached hydrogen (secondary N) is 2. The van der Waals surface area contributed by atoms with E-state index in [1.807, 2.05) is 5.32 Å². The van der Waals surface area contributed by atoms with Gasteiger partial charge >= 0.3 is 17.8 Å². The number of hydrogen-bond acceptors (Lipinski definition) is 4. The SMILES string of the molecule is CCOC(=O)C(NC(=O)c1ccccc1)(Nc1cccc(Cl)c1)C(F)(F)F. The van der Waals surface area contributed by atoms with Crippen molar-refractivity contribution >= 4 is 29.2 Å². The first-order valence-corrected chi connectivity index (χ1v) is 8.22. The van der Waals surface area contributed by atoms with Crippen LogP contribution < -0.4 is 10.6 Å². The van der Waals surface area contributed by atoms with Crippen molar-refractivity contribution in [1.82, 2.24) is 5.32 Å². The van der Waals surface area contributed by atoms with Crippen molar-refractivity contribution < 1.29 is 27.5 Å². The molecule has 144 valence electrons. The molecule has 0 radical (unpaired) electrons. The molecule has 0 spiro atoms. The van der Waals surface area contributed by atoms with Crippen molar-refractivity contribution in [3.8, 4) is 0 Å². The number of benzene rings is 2. The van der Waals surface area contributed by atoms with Crippen LogP contribution in [-0.2, 0) is 9.53 Å². The van der Waals surface area contributed by atoms with E-state index in [0.29, 0.717) is 0 Å². The quantitative estimate of drug-likeness (QED) is 0.568. The Morgan fingerprint density at radius 2 is 1.74 bits per heavy atom. The van der Waals surface area contributed by atoms with Crippen LogP contribution in [0.3, 0.4) is 0 Å². The van der Waals surface area contributed by atoms with E-state index in [-0.39, 0.29) is 22.9 Å². The average Bonchev–Trinajstić information content (AvgIpc) is 2.61. The van der Waals surface area contributed by atoms with Crippen LogP contribution in [0.1, 0.15) is 17.3 Å². The van der Waals surface area contributed by atoms with E-state index in [4.69, 9.17) is 11.6 Å². The smallest absolute Gasteiger partial charge is 0.441 e. The molecular formula is C18H16ClF3N2O3. The Bertz CT molecular complexity index is 815. The molecule has 0 bridgehead atoms. The molecule has 27 heavy (non-hydrogen) atoms. The van der Waals surface area contributed by atoms with E-state index >= 15 is 0 Å². The molecule has 0 saturated heterocycles. The van der Waals surface area contributed by atoms with Gasteiger partial charge < -0.3 is 15.4 Å². The molecule has 1 amide bonds. The minimum atomic E-state index is -5.22. The normalized spacial score (nSPS) is 13.4. The fourth-order valence-corrected chi connectivity index (χ4v) is 2.44. The number of ether oxygens (including phenoxy) is 1. The molecule has 0 heterocycles. The lowest BCUT2D eigenvalue weighted by atomic mass is 10.1. The lowest BCUT2D eigenvalue weighted by molar-refractivity contribution is -0.204. The zero-order valence-electron chi connectivity index (χ0n) is 14.1. The molecule has 0 aliphatic rings. The minimum absolute atomic E-state index is 0.0525. The van der Waals surface area contributed by atoms with Crippen LogP contribution in [0, 0.1) is 0 Å². The second-order valence-corrected chi connectivity index (χ2v) is 5.86. The first-order valence-electron chi connectivity index (χ1n) is 7.85. The van der Waals surface area contributed by atoms with Gasteiger partial charge in [-0.2, -0.15) is 13.2 Å². The first kappa shape index (κ1) is 20.6. The van der Waals surface area contributed by atoms with Crippen LogP contribution in [0.5, 0.6) is 0 Å². The molecule has 1 atom stereocenters. The van der Waals surface area contributed by atoms with Gasteiger partial charge in [-0.25, -0.2) is 4.79 Å². The van der Waals surface area contributed by atoms with Gasteiger partial charge in [-0.3, -0.25) is 4.79 Å². The number of hydrogen-bond donors (Lipinski definition) is 2. The Balaban J connectivity index is 2.50. The monoisotopic (exact) mass is 400 g/mol. The number of anilines is 1. The second-order valence-electron chi connectivity index (χ2n) is 5.42. The highest BCUT2D eigenvalue weighted by Gasteiger charge is 2.63. The number of esters is 1. The van der Waals surface area contributed by atoms with Gasteiger partial charge in [-0.1, -0.05) is 35.9 Å². The molecule has 0 aromatic heterocycles. The van der Waals surface area contributed by atoms with Crippen LogP contribution in [0.2, 0.25) is 5.02 Å². The minimum Gasteiger partial charge on any atom is -0.463 e. The third-order valence-corrected chi connectivity index (χ3v) is 3.74. The fraction of sp³-hybridized carbons (Fsp3) is 0.222. The van der Waals surface area contributed by atoms with Gasteiger partial charge in [0.05, 0.1) is 6.61 Å². The van der Waals surface area contributed by atoms with Gasteiger partial charge in [0.25, 0.3) is 5.91 Å². The standard InChI is InChI=1S/C18H16ClF3N2O3/c1-2-27-16(26)17(18(20,21)22,23-14-10-6-9-13(19)11-14)24-15(25)12-7-4-3-5-8-12/h3-11,23H,2H2,1H3,(H,24,25). The summed E-state index contributed by atoms with van der Waals surface area (Å²) < 4.78 is 46.6. The number of halogens is 4. The van der Waals surface area contributed by atoms with Crippen molar-refractivity contribution in [2.45, 2.75) is 18.8 Å². The Kier molecular flexibility index (Phi) is 6.32. The Morgan fingerprint density at radius 3 is 2.30 bits per heavy atom. The fourth-order valence-electron chi connectivity index (χ4n) is 2.24. The van der Waals surface area contributed by atoms with Gasteiger partial charge in [0.15, 0.2) is 0 Å². The van der Waals surface area contributed by atoms with Gasteiger partial charge in [-0.05, 0) is 37.3 Å². The Labute approximate surface area is 158 Å². The lowest BCUT2D eigenvalue weighted by Gasteiger charge is -2.35. The number of alkyl halides is 3. The van der Waals surface area contributed by atoms with E-state index < -0.39 is 23.7 Å². The van der Waals surface area contributed by atoms with Crippen molar-refractivity contribution in [2.75, 3.05) is 11.9 Å². The van der Waals surface area contributed by atoms with Crippen molar-refractivity contribution in [1.29, 1.82) is 0 Å². The highest BCUT2D eigenvalue weighted by molar-refractivity contribution is 6.30. The van der Waals surface area contributed by atoms with E-state index in [0.717, 1.165) is 0 Å². The number of amides is 1. The van der Waals surface area contributed by atoms with E-state index in [2.05, 4.69) is 4.74 Å². The molecule has 2 aromatic rings. The summed E-state index contributed by atoms with van der Waals surface area (Å²) >= 11 is 5.81. The highest BCUT2D eigenvalue weighted by atomic mass is 35.5. The van der Waals surface area contributed by atoms with E-state index in [1.54, 1.807) is 11.4 Å². The predicted molar refractivity (Wildman–Crippen MR) is 94.4 cm³/mol. The zero-order chi connectivity index (χ0) is 20.1. The maximum Gasteiger partial charge on any atom is 0.441 e. The second kappa shape index (κ2) is 8.30. The molecule has 2 N–H and O–H groups in total. The molecule has 0 saturated carbocycles. The number of rotatable bonds is 6. The lowest BCUT2D eigenvalue weighted by Crippen LogP contribution is -2.69.